The second-order valence-electron chi connectivity index (χ2n) is 5.37. The molecule has 2 rings (SSSR count). The molecular weight excluding hydrogens is 268 g/mol. The zero-order valence-electron chi connectivity index (χ0n) is 12.5. The number of benzene rings is 1. The van der Waals surface area contributed by atoms with E-state index in [2.05, 4.69) is 10.6 Å². The molecule has 1 aromatic rings. The third kappa shape index (κ3) is 4.37. The summed E-state index contributed by atoms with van der Waals surface area (Å²) in [6.07, 6.45) is 0. The molecule has 6 nitrogen and oxygen atoms in total. The number of nitrogens with zero attached hydrogens (tertiary/aromatic N) is 2. The normalized spacial score (nSPS) is 15.0. The first kappa shape index (κ1) is 15.2. The van der Waals surface area contributed by atoms with E-state index in [0.717, 1.165) is 5.69 Å². The summed E-state index contributed by atoms with van der Waals surface area (Å²) in [6.45, 7) is 6.07. The fourth-order valence-electron chi connectivity index (χ4n) is 2.17. The van der Waals surface area contributed by atoms with Gasteiger partial charge in [-0.3, -0.25) is 0 Å². The van der Waals surface area contributed by atoms with Crippen molar-refractivity contribution in [2.24, 2.45) is 0 Å². The van der Waals surface area contributed by atoms with Gasteiger partial charge < -0.3 is 20.4 Å². The highest BCUT2D eigenvalue weighted by Crippen LogP contribution is 2.09. The Labute approximate surface area is 125 Å². The SMILES string of the molecule is CC(C)NC(=O)N1CCN(C(=O)Nc2ccccc2)CC1. The standard InChI is InChI=1S/C15H22N4O2/c1-12(2)16-14(20)18-8-10-19(11-9-18)15(21)17-13-6-4-3-5-7-13/h3-7,12H,8-11H2,1-2H3,(H,16,20)(H,17,21). The number of nitrogens with one attached hydrogen (secondary N) is 2. The largest absolute Gasteiger partial charge is 0.336 e. The Morgan fingerprint density at radius 3 is 2.00 bits per heavy atom. The summed E-state index contributed by atoms with van der Waals surface area (Å²) < 4.78 is 0. The molecular formula is C15H22N4O2. The van der Waals surface area contributed by atoms with Gasteiger partial charge in [0.15, 0.2) is 0 Å². The van der Waals surface area contributed by atoms with Crippen molar-refractivity contribution in [2.75, 3.05) is 31.5 Å². The predicted molar refractivity (Wildman–Crippen MR) is 82.3 cm³/mol. The summed E-state index contributed by atoms with van der Waals surface area (Å²) in [5.74, 6) is 0. The van der Waals surface area contributed by atoms with Gasteiger partial charge in [-0.2, -0.15) is 0 Å². The van der Waals surface area contributed by atoms with Crippen LogP contribution in [0.4, 0.5) is 15.3 Å². The van der Waals surface area contributed by atoms with Gasteiger partial charge in [0.25, 0.3) is 0 Å². The number of amides is 4. The van der Waals surface area contributed by atoms with Crippen LogP contribution in [-0.2, 0) is 0 Å². The Morgan fingerprint density at radius 2 is 1.48 bits per heavy atom. The quantitative estimate of drug-likeness (QED) is 0.874. The minimum absolute atomic E-state index is 0.0619. The molecule has 1 aliphatic rings. The third-order valence-corrected chi connectivity index (χ3v) is 3.29. The number of hydrogen-bond donors (Lipinski definition) is 2. The topological polar surface area (TPSA) is 64.7 Å². The lowest BCUT2D eigenvalue weighted by Crippen LogP contribution is -2.54. The van der Waals surface area contributed by atoms with Crippen LogP contribution in [0.5, 0.6) is 0 Å². The van der Waals surface area contributed by atoms with E-state index in [1.165, 1.54) is 0 Å². The summed E-state index contributed by atoms with van der Waals surface area (Å²) in [5.41, 5.74) is 0.780. The van der Waals surface area contributed by atoms with Crippen LogP contribution in [0.1, 0.15) is 13.8 Å². The lowest BCUT2D eigenvalue weighted by atomic mass is 10.3. The molecule has 0 atom stereocenters. The van der Waals surface area contributed by atoms with Crippen molar-refractivity contribution < 1.29 is 9.59 Å². The van der Waals surface area contributed by atoms with E-state index < -0.39 is 0 Å². The van der Waals surface area contributed by atoms with Crippen LogP contribution in [0.15, 0.2) is 30.3 Å². The van der Waals surface area contributed by atoms with Gasteiger partial charge in [-0.15, -0.1) is 0 Å². The maximum Gasteiger partial charge on any atom is 0.321 e. The van der Waals surface area contributed by atoms with Crippen LogP contribution >= 0.6 is 0 Å². The van der Waals surface area contributed by atoms with E-state index in [4.69, 9.17) is 0 Å². The highest BCUT2D eigenvalue weighted by atomic mass is 16.2. The number of para-hydroxylation sites is 1. The second kappa shape index (κ2) is 6.97. The number of carbonyl (C=O) groups is 2. The molecule has 2 N–H and O–H groups in total. The first-order valence-electron chi connectivity index (χ1n) is 7.22. The summed E-state index contributed by atoms with van der Waals surface area (Å²) in [6, 6.07) is 9.30. The minimum Gasteiger partial charge on any atom is -0.336 e. The second-order valence-corrected chi connectivity index (χ2v) is 5.37. The first-order chi connectivity index (χ1) is 10.1. The summed E-state index contributed by atoms with van der Waals surface area (Å²) >= 11 is 0. The maximum atomic E-state index is 12.1. The lowest BCUT2D eigenvalue weighted by molar-refractivity contribution is 0.147. The number of piperazine rings is 1. The average molecular weight is 290 g/mol. The monoisotopic (exact) mass is 290 g/mol. The number of carbonyl (C=O) groups excluding carboxylic acids is 2. The van der Waals surface area contributed by atoms with E-state index in [-0.39, 0.29) is 18.1 Å². The van der Waals surface area contributed by atoms with Gasteiger partial charge in [-0.25, -0.2) is 9.59 Å². The van der Waals surface area contributed by atoms with Crippen molar-refractivity contribution in [3.05, 3.63) is 30.3 Å². The van der Waals surface area contributed by atoms with Gasteiger partial charge in [0, 0.05) is 37.9 Å². The van der Waals surface area contributed by atoms with Gasteiger partial charge in [0.2, 0.25) is 0 Å². The summed E-state index contributed by atoms with van der Waals surface area (Å²) in [4.78, 5) is 27.5. The molecule has 0 bridgehead atoms. The molecule has 1 heterocycles. The molecule has 21 heavy (non-hydrogen) atoms. The molecule has 6 heteroatoms. The van der Waals surface area contributed by atoms with Crippen molar-refractivity contribution in [1.82, 2.24) is 15.1 Å². The van der Waals surface area contributed by atoms with Gasteiger partial charge in [-0.1, -0.05) is 18.2 Å². The van der Waals surface area contributed by atoms with Crippen molar-refractivity contribution >= 4 is 17.7 Å². The lowest BCUT2D eigenvalue weighted by Gasteiger charge is -2.35. The van der Waals surface area contributed by atoms with Gasteiger partial charge in [-0.05, 0) is 26.0 Å². The molecule has 0 aromatic heterocycles. The molecule has 4 amide bonds. The van der Waals surface area contributed by atoms with Crippen LogP contribution in [0.2, 0.25) is 0 Å². The third-order valence-electron chi connectivity index (χ3n) is 3.29. The Bertz CT molecular complexity index is 482. The smallest absolute Gasteiger partial charge is 0.321 e. The van der Waals surface area contributed by atoms with Gasteiger partial charge in [0.1, 0.15) is 0 Å². The molecule has 0 spiro atoms. The number of urea groups is 2. The van der Waals surface area contributed by atoms with Crippen molar-refractivity contribution in [2.45, 2.75) is 19.9 Å². The number of anilines is 1. The van der Waals surface area contributed by atoms with Crippen LogP contribution in [0.25, 0.3) is 0 Å². The zero-order valence-corrected chi connectivity index (χ0v) is 12.5. The van der Waals surface area contributed by atoms with Crippen LogP contribution in [0.3, 0.4) is 0 Å². The van der Waals surface area contributed by atoms with Crippen LogP contribution in [-0.4, -0.2) is 54.1 Å². The van der Waals surface area contributed by atoms with Crippen molar-refractivity contribution in [3.8, 4) is 0 Å². The predicted octanol–water partition coefficient (Wildman–Crippen LogP) is 1.95. The average Bonchev–Trinajstić information content (AvgIpc) is 2.47. The molecule has 0 unspecified atom stereocenters. The molecule has 1 saturated heterocycles. The Hall–Kier alpha value is -2.24. The van der Waals surface area contributed by atoms with Crippen molar-refractivity contribution in [1.29, 1.82) is 0 Å². The maximum absolute atomic E-state index is 12.1. The fraction of sp³-hybridized carbons (Fsp3) is 0.467. The molecule has 0 aliphatic carbocycles. The zero-order chi connectivity index (χ0) is 15.2. The van der Waals surface area contributed by atoms with Crippen LogP contribution < -0.4 is 10.6 Å². The van der Waals surface area contributed by atoms with E-state index in [1.54, 1.807) is 9.80 Å². The minimum atomic E-state index is -0.120. The van der Waals surface area contributed by atoms with E-state index in [0.29, 0.717) is 26.2 Å². The molecule has 114 valence electrons. The Balaban J connectivity index is 1.81. The molecule has 0 saturated carbocycles. The molecule has 1 aromatic carbocycles. The summed E-state index contributed by atoms with van der Waals surface area (Å²) in [7, 11) is 0. The van der Waals surface area contributed by atoms with Crippen LogP contribution in [0, 0.1) is 0 Å². The van der Waals surface area contributed by atoms with Gasteiger partial charge >= 0.3 is 12.1 Å². The first-order valence-corrected chi connectivity index (χ1v) is 7.22. The number of rotatable bonds is 2. The Morgan fingerprint density at radius 1 is 0.952 bits per heavy atom. The van der Waals surface area contributed by atoms with E-state index in [9.17, 15) is 9.59 Å². The highest BCUT2D eigenvalue weighted by molar-refractivity contribution is 5.89. The van der Waals surface area contributed by atoms with E-state index >= 15 is 0 Å². The fourth-order valence-corrected chi connectivity index (χ4v) is 2.17. The number of hydrogen-bond acceptors (Lipinski definition) is 2. The molecule has 1 fully saturated rings. The van der Waals surface area contributed by atoms with E-state index in [1.807, 2.05) is 44.2 Å². The Kier molecular flexibility index (Phi) is 5.03. The molecule has 0 radical (unpaired) electrons. The van der Waals surface area contributed by atoms with Crippen molar-refractivity contribution in [3.63, 3.8) is 0 Å². The summed E-state index contributed by atoms with van der Waals surface area (Å²) in [5, 5.41) is 5.72. The highest BCUT2D eigenvalue weighted by Gasteiger charge is 2.24. The molecule has 1 aliphatic heterocycles. The van der Waals surface area contributed by atoms with Gasteiger partial charge in [0.05, 0.1) is 0 Å².